The van der Waals surface area contributed by atoms with Gasteiger partial charge in [-0.2, -0.15) is 5.10 Å². The Morgan fingerprint density at radius 1 is 1.27 bits per heavy atom. The first kappa shape index (κ1) is 16.6. The van der Waals surface area contributed by atoms with Crippen molar-refractivity contribution in [2.24, 2.45) is 7.05 Å². The minimum Gasteiger partial charge on any atom is -0.380 e. The quantitative estimate of drug-likeness (QED) is 0.648. The Bertz CT molecular complexity index is 688. The zero-order chi connectivity index (χ0) is 16.1. The molecule has 1 aromatic carbocycles. The fraction of sp³-hybridized carbons (Fsp3) is 0.333. The van der Waals surface area contributed by atoms with Crippen molar-refractivity contribution in [2.45, 2.75) is 19.3 Å². The molecule has 0 amide bonds. The summed E-state index contributed by atoms with van der Waals surface area (Å²) in [7, 11) is 1.49. The van der Waals surface area contributed by atoms with Crippen LogP contribution >= 0.6 is 23.4 Å². The van der Waals surface area contributed by atoms with Crippen LogP contribution in [0.2, 0.25) is 5.02 Å². The number of hydrogen-bond acceptors (Lipinski definition) is 4. The first-order valence-electron chi connectivity index (χ1n) is 7.00. The molecule has 0 aliphatic rings. The highest BCUT2D eigenvalue weighted by Gasteiger charge is 2.17. The molecule has 1 heterocycles. The smallest absolute Gasteiger partial charge is 0.287 e. The Kier molecular flexibility index (Phi) is 5.69. The Hall–Kier alpha value is -1.72. The molecule has 0 unspecified atom stereocenters. The molecule has 5 nitrogen and oxygen atoms in total. The van der Waals surface area contributed by atoms with Gasteiger partial charge in [-0.1, -0.05) is 41.9 Å². The summed E-state index contributed by atoms with van der Waals surface area (Å²) in [6.07, 6.45) is 2.80. The maximum absolute atomic E-state index is 11.8. The number of benzene rings is 1. The van der Waals surface area contributed by atoms with Crippen molar-refractivity contribution in [1.29, 1.82) is 0 Å². The molecule has 0 spiro atoms. The third kappa shape index (κ3) is 3.93. The van der Waals surface area contributed by atoms with E-state index in [1.165, 1.54) is 17.0 Å². The van der Waals surface area contributed by atoms with Gasteiger partial charge >= 0.3 is 0 Å². The zero-order valence-electron chi connectivity index (χ0n) is 12.3. The van der Waals surface area contributed by atoms with Gasteiger partial charge in [0.2, 0.25) is 0 Å². The summed E-state index contributed by atoms with van der Waals surface area (Å²) in [5.74, 6) is 0.144. The fourth-order valence-corrected chi connectivity index (χ4v) is 2.83. The second kappa shape index (κ2) is 7.51. The van der Waals surface area contributed by atoms with Gasteiger partial charge in [0.15, 0.2) is 5.82 Å². The van der Waals surface area contributed by atoms with Gasteiger partial charge in [-0.25, -0.2) is 4.68 Å². The van der Waals surface area contributed by atoms with Crippen LogP contribution in [0.1, 0.15) is 18.4 Å². The summed E-state index contributed by atoms with van der Waals surface area (Å²) in [4.78, 5) is 11.8. The molecule has 0 radical (unpaired) electrons. The van der Waals surface area contributed by atoms with Gasteiger partial charge in [0.25, 0.3) is 5.56 Å². The zero-order valence-corrected chi connectivity index (χ0v) is 13.8. The SMILES string of the molecule is Cn1nc(N)c(N(Cl)CCCCc2ccccc2)c(Cl)c1=O. The molecule has 0 aliphatic carbocycles. The number of nitrogen functional groups attached to an aromatic ring is 1. The molecule has 0 aliphatic heterocycles. The van der Waals surface area contributed by atoms with Crippen LogP contribution in [0.3, 0.4) is 0 Å². The monoisotopic (exact) mass is 340 g/mol. The molecule has 0 fully saturated rings. The number of halogens is 2. The molecule has 2 N–H and O–H groups in total. The number of aromatic nitrogens is 2. The second-order valence-corrected chi connectivity index (χ2v) is 5.79. The molecule has 0 atom stereocenters. The van der Waals surface area contributed by atoms with E-state index in [1.807, 2.05) is 18.2 Å². The summed E-state index contributed by atoms with van der Waals surface area (Å²) >= 11 is 12.2. The second-order valence-electron chi connectivity index (χ2n) is 5.01. The number of nitrogens with two attached hydrogens (primary N) is 1. The minimum atomic E-state index is -0.416. The van der Waals surface area contributed by atoms with Crippen LogP contribution in [-0.4, -0.2) is 16.3 Å². The molecule has 0 saturated carbocycles. The van der Waals surface area contributed by atoms with Crippen LogP contribution in [0.5, 0.6) is 0 Å². The minimum absolute atomic E-state index is 0.00643. The van der Waals surface area contributed by atoms with E-state index in [1.54, 1.807) is 0 Å². The van der Waals surface area contributed by atoms with Gasteiger partial charge < -0.3 is 5.73 Å². The molecule has 2 aromatic rings. The molecule has 22 heavy (non-hydrogen) atoms. The normalized spacial score (nSPS) is 10.7. The van der Waals surface area contributed by atoms with Gasteiger partial charge in [-0.15, -0.1) is 0 Å². The lowest BCUT2D eigenvalue weighted by molar-refractivity contribution is 0.708. The predicted molar refractivity (Wildman–Crippen MR) is 91.5 cm³/mol. The van der Waals surface area contributed by atoms with E-state index in [-0.39, 0.29) is 16.5 Å². The van der Waals surface area contributed by atoms with Crippen molar-refractivity contribution in [3.05, 3.63) is 51.3 Å². The third-order valence-corrected chi connectivity index (χ3v) is 4.02. The Labute approximate surface area is 139 Å². The van der Waals surface area contributed by atoms with Crippen LogP contribution in [-0.2, 0) is 13.5 Å². The predicted octanol–water partition coefficient (Wildman–Crippen LogP) is 3.00. The largest absolute Gasteiger partial charge is 0.380 e. The van der Waals surface area contributed by atoms with E-state index >= 15 is 0 Å². The summed E-state index contributed by atoms with van der Waals surface area (Å²) < 4.78 is 2.47. The Balaban J connectivity index is 1.94. The van der Waals surface area contributed by atoms with Crippen LogP contribution in [0.4, 0.5) is 11.5 Å². The molecule has 118 valence electrons. The van der Waals surface area contributed by atoms with E-state index in [0.29, 0.717) is 6.54 Å². The summed E-state index contributed by atoms with van der Waals surface area (Å²) in [6.45, 7) is 0.535. The first-order valence-corrected chi connectivity index (χ1v) is 7.72. The van der Waals surface area contributed by atoms with Crippen LogP contribution in [0.25, 0.3) is 0 Å². The molecule has 7 heteroatoms. The molecular weight excluding hydrogens is 323 g/mol. The lowest BCUT2D eigenvalue weighted by atomic mass is 10.1. The Morgan fingerprint density at radius 2 is 1.95 bits per heavy atom. The molecular formula is C15H18Cl2N4O. The average Bonchev–Trinajstić information content (AvgIpc) is 2.50. The van der Waals surface area contributed by atoms with Gasteiger partial charge in [-0.05, 0) is 24.8 Å². The molecule has 1 aromatic heterocycles. The highest BCUT2D eigenvalue weighted by Crippen LogP contribution is 2.29. The summed E-state index contributed by atoms with van der Waals surface area (Å²) in [5.41, 5.74) is 6.96. The highest BCUT2D eigenvalue weighted by molar-refractivity contribution is 6.36. The topological polar surface area (TPSA) is 64.2 Å². The lowest BCUT2D eigenvalue weighted by Gasteiger charge is -2.18. The van der Waals surface area contributed by atoms with Crippen molar-refractivity contribution in [3.63, 3.8) is 0 Å². The number of aryl methyl sites for hydroxylation is 2. The number of unbranched alkanes of at least 4 members (excludes halogenated alkanes) is 1. The van der Waals surface area contributed by atoms with Crippen molar-refractivity contribution in [3.8, 4) is 0 Å². The van der Waals surface area contributed by atoms with Gasteiger partial charge in [0.05, 0.1) is 0 Å². The van der Waals surface area contributed by atoms with Gasteiger partial charge in [0, 0.05) is 25.4 Å². The summed E-state index contributed by atoms with van der Waals surface area (Å²) in [5, 5.41) is 3.90. The van der Waals surface area contributed by atoms with Crippen LogP contribution in [0.15, 0.2) is 35.1 Å². The summed E-state index contributed by atoms with van der Waals surface area (Å²) in [6, 6.07) is 10.2. The lowest BCUT2D eigenvalue weighted by Crippen LogP contribution is -2.26. The standard InChI is InChI=1S/C15H18Cl2N4O/c1-20-15(22)12(16)13(14(18)19-20)21(17)10-6-5-9-11-7-3-2-4-8-11/h2-4,7-8H,5-6,9-10H2,1H3,(H2,18,19). The maximum Gasteiger partial charge on any atom is 0.287 e. The number of rotatable bonds is 6. The van der Waals surface area contributed by atoms with Crippen LogP contribution in [0, 0.1) is 0 Å². The van der Waals surface area contributed by atoms with Crippen molar-refractivity contribution < 1.29 is 0 Å². The van der Waals surface area contributed by atoms with Crippen LogP contribution < -0.4 is 15.7 Å². The van der Waals surface area contributed by atoms with Crippen molar-refractivity contribution >= 4 is 34.9 Å². The average molecular weight is 341 g/mol. The number of anilines is 2. The van der Waals surface area contributed by atoms with E-state index in [2.05, 4.69) is 17.2 Å². The van der Waals surface area contributed by atoms with Crippen molar-refractivity contribution in [2.75, 3.05) is 16.7 Å². The van der Waals surface area contributed by atoms with E-state index in [9.17, 15) is 4.79 Å². The van der Waals surface area contributed by atoms with Crippen molar-refractivity contribution in [1.82, 2.24) is 9.78 Å². The number of nitrogens with zero attached hydrogens (tertiary/aromatic N) is 3. The molecule has 2 rings (SSSR count). The number of hydrogen-bond donors (Lipinski definition) is 1. The van der Waals surface area contributed by atoms with E-state index < -0.39 is 5.56 Å². The van der Waals surface area contributed by atoms with E-state index in [4.69, 9.17) is 29.1 Å². The maximum atomic E-state index is 11.8. The highest BCUT2D eigenvalue weighted by atomic mass is 35.5. The fourth-order valence-electron chi connectivity index (χ4n) is 2.18. The van der Waals surface area contributed by atoms with Gasteiger partial charge in [0.1, 0.15) is 10.7 Å². The Morgan fingerprint density at radius 3 is 2.64 bits per heavy atom. The molecule has 0 saturated heterocycles. The third-order valence-electron chi connectivity index (χ3n) is 3.35. The van der Waals surface area contributed by atoms with E-state index in [0.717, 1.165) is 23.9 Å². The van der Waals surface area contributed by atoms with Gasteiger partial charge in [-0.3, -0.25) is 9.21 Å². The first-order chi connectivity index (χ1) is 10.5. The molecule has 0 bridgehead atoms.